The Morgan fingerprint density at radius 2 is 1.71 bits per heavy atom. The van der Waals surface area contributed by atoms with E-state index in [-0.39, 0.29) is 11.9 Å². The molecular weight excluding hydrogens is 295 g/mol. The average Bonchev–Trinajstić information content (AvgIpc) is 2.46. The van der Waals surface area contributed by atoms with E-state index in [1.165, 1.54) is 12.1 Å². The Morgan fingerprint density at radius 3 is 2.29 bits per heavy atom. The van der Waals surface area contributed by atoms with Crippen LogP contribution < -0.4 is 5.32 Å². The predicted molar refractivity (Wildman–Crippen MR) is 81.2 cm³/mol. The van der Waals surface area contributed by atoms with Crippen LogP contribution >= 0.6 is 11.8 Å². The van der Waals surface area contributed by atoms with Gasteiger partial charge in [-0.25, -0.2) is 4.39 Å². The van der Waals surface area contributed by atoms with Crippen LogP contribution in [-0.4, -0.2) is 12.8 Å². The highest BCUT2D eigenvalue weighted by Crippen LogP contribution is 2.32. The zero-order valence-electron chi connectivity index (χ0n) is 11.7. The Hall–Kier alpha value is -1.46. The number of hydrogen-bond donors (Lipinski definition) is 1. The van der Waals surface area contributed by atoms with Crippen molar-refractivity contribution in [2.75, 3.05) is 7.05 Å². The molecule has 0 saturated heterocycles. The second kappa shape index (κ2) is 7.00. The molecule has 2 aromatic carbocycles. The van der Waals surface area contributed by atoms with Crippen molar-refractivity contribution < 1.29 is 13.2 Å². The number of alkyl halides is 2. The molecule has 0 saturated carbocycles. The van der Waals surface area contributed by atoms with Crippen LogP contribution in [0.2, 0.25) is 0 Å². The predicted octanol–water partition coefficient (Wildman–Crippen LogP) is 5.09. The quantitative estimate of drug-likeness (QED) is 0.772. The van der Waals surface area contributed by atoms with E-state index in [1.807, 2.05) is 14.0 Å². The smallest absolute Gasteiger partial charge is 0.288 e. The average molecular weight is 311 g/mol. The van der Waals surface area contributed by atoms with E-state index < -0.39 is 5.76 Å². The highest BCUT2D eigenvalue weighted by molar-refractivity contribution is 7.99. The number of rotatable bonds is 5. The molecule has 0 heterocycles. The lowest BCUT2D eigenvalue weighted by Gasteiger charge is -2.16. The van der Waals surface area contributed by atoms with Crippen molar-refractivity contribution in [1.82, 2.24) is 5.32 Å². The molecule has 0 aliphatic carbocycles. The molecule has 0 aliphatic rings. The van der Waals surface area contributed by atoms with Gasteiger partial charge in [0.2, 0.25) is 0 Å². The fourth-order valence-corrected chi connectivity index (χ4v) is 2.63. The molecule has 1 N–H and O–H groups in total. The summed E-state index contributed by atoms with van der Waals surface area (Å²) >= 11 is 0.501. The fourth-order valence-electron chi connectivity index (χ4n) is 2.13. The van der Waals surface area contributed by atoms with Gasteiger partial charge in [-0.2, -0.15) is 8.78 Å². The molecule has 0 radical (unpaired) electrons. The third kappa shape index (κ3) is 4.02. The van der Waals surface area contributed by atoms with E-state index in [1.54, 1.807) is 30.3 Å². The zero-order valence-corrected chi connectivity index (χ0v) is 12.6. The molecule has 0 fully saturated rings. The zero-order chi connectivity index (χ0) is 15.4. The Bertz CT molecular complexity index is 599. The molecule has 5 heteroatoms. The largest absolute Gasteiger partial charge is 0.313 e. The second-order valence-electron chi connectivity index (χ2n) is 4.64. The molecule has 1 atom stereocenters. The molecule has 0 aliphatic heterocycles. The first-order chi connectivity index (χ1) is 10.0. The van der Waals surface area contributed by atoms with E-state index in [0.717, 1.165) is 16.7 Å². The van der Waals surface area contributed by atoms with Gasteiger partial charge in [-0.15, -0.1) is 0 Å². The lowest BCUT2D eigenvalue weighted by molar-refractivity contribution is 0.252. The Morgan fingerprint density at radius 1 is 1.05 bits per heavy atom. The van der Waals surface area contributed by atoms with Crippen LogP contribution in [0.15, 0.2) is 47.4 Å². The van der Waals surface area contributed by atoms with Crippen LogP contribution in [0, 0.1) is 5.82 Å². The molecule has 1 nitrogen and oxygen atoms in total. The van der Waals surface area contributed by atoms with Crippen LogP contribution in [0.25, 0.3) is 11.1 Å². The molecule has 0 bridgehead atoms. The van der Waals surface area contributed by atoms with Crippen molar-refractivity contribution in [3.8, 4) is 11.1 Å². The summed E-state index contributed by atoms with van der Waals surface area (Å²) < 4.78 is 38.2. The van der Waals surface area contributed by atoms with E-state index in [4.69, 9.17) is 0 Å². The SMILES string of the molecule is CNC(C)c1ccc(F)cc1-c1ccc(SC(F)F)cc1. The van der Waals surface area contributed by atoms with E-state index >= 15 is 0 Å². The molecule has 0 amide bonds. The van der Waals surface area contributed by atoms with Gasteiger partial charge < -0.3 is 5.32 Å². The number of halogens is 3. The van der Waals surface area contributed by atoms with Crippen LogP contribution in [0.4, 0.5) is 13.2 Å². The molecule has 2 rings (SSSR count). The first-order valence-corrected chi connectivity index (χ1v) is 7.41. The Balaban J connectivity index is 2.38. The normalized spacial score (nSPS) is 12.7. The number of hydrogen-bond acceptors (Lipinski definition) is 2. The molecular formula is C16H16F3NS. The lowest BCUT2D eigenvalue weighted by atomic mass is 9.95. The maximum atomic E-state index is 13.5. The summed E-state index contributed by atoms with van der Waals surface area (Å²) in [6, 6.07) is 11.4. The molecule has 0 aromatic heterocycles. The van der Waals surface area contributed by atoms with Crippen LogP contribution in [0.3, 0.4) is 0 Å². The van der Waals surface area contributed by atoms with Gasteiger partial charge in [-0.1, -0.05) is 30.0 Å². The Labute approximate surface area is 126 Å². The highest BCUT2D eigenvalue weighted by atomic mass is 32.2. The molecule has 21 heavy (non-hydrogen) atoms. The maximum absolute atomic E-state index is 13.5. The van der Waals surface area contributed by atoms with Crippen LogP contribution in [0.1, 0.15) is 18.5 Å². The number of benzene rings is 2. The van der Waals surface area contributed by atoms with Gasteiger partial charge in [-0.3, -0.25) is 0 Å². The highest BCUT2D eigenvalue weighted by Gasteiger charge is 2.12. The van der Waals surface area contributed by atoms with Gasteiger partial charge in [0.05, 0.1) is 0 Å². The van der Waals surface area contributed by atoms with Crippen molar-refractivity contribution in [3.05, 3.63) is 53.8 Å². The van der Waals surface area contributed by atoms with E-state index in [0.29, 0.717) is 16.7 Å². The second-order valence-corrected chi connectivity index (χ2v) is 5.71. The minimum atomic E-state index is -2.44. The maximum Gasteiger partial charge on any atom is 0.288 e. The van der Waals surface area contributed by atoms with Crippen molar-refractivity contribution in [1.29, 1.82) is 0 Å². The van der Waals surface area contributed by atoms with Crippen molar-refractivity contribution in [2.45, 2.75) is 23.6 Å². The van der Waals surface area contributed by atoms with Crippen molar-refractivity contribution in [3.63, 3.8) is 0 Å². The van der Waals surface area contributed by atoms with Gasteiger partial charge in [0.1, 0.15) is 5.82 Å². The number of nitrogens with one attached hydrogen (secondary N) is 1. The fraction of sp³-hybridized carbons (Fsp3) is 0.250. The summed E-state index contributed by atoms with van der Waals surface area (Å²) in [5.41, 5.74) is 2.55. The molecule has 0 spiro atoms. The Kier molecular flexibility index (Phi) is 5.31. The summed E-state index contributed by atoms with van der Waals surface area (Å²) in [7, 11) is 1.83. The monoisotopic (exact) mass is 311 g/mol. The summed E-state index contributed by atoms with van der Waals surface area (Å²) in [5, 5.41) is 3.12. The van der Waals surface area contributed by atoms with Gasteiger partial charge in [0.25, 0.3) is 5.76 Å². The van der Waals surface area contributed by atoms with Crippen molar-refractivity contribution >= 4 is 11.8 Å². The summed E-state index contributed by atoms with van der Waals surface area (Å²) in [6.07, 6.45) is 0. The van der Waals surface area contributed by atoms with Crippen LogP contribution in [0.5, 0.6) is 0 Å². The molecule has 2 aromatic rings. The van der Waals surface area contributed by atoms with Crippen LogP contribution in [-0.2, 0) is 0 Å². The third-order valence-corrected chi connectivity index (χ3v) is 4.03. The topological polar surface area (TPSA) is 12.0 Å². The van der Waals surface area contributed by atoms with Gasteiger partial charge >= 0.3 is 0 Å². The summed E-state index contributed by atoms with van der Waals surface area (Å²) in [6.45, 7) is 1.98. The first-order valence-electron chi connectivity index (χ1n) is 6.53. The molecule has 112 valence electrons. The summed E-state index contributed by atoms with van der Waals surface area (Å²) in [4.78, 5) is 0.494. The van der Waals surface area contributed by atoms with Gasteiger partial charge in [-0.05, 0) is 54.9 Å². The van der Waals surface area contributed by atoms with E-state index in [9.17, 15) is 13.2 Å². The minimum Gasteiger partial charge on any atom is -0.313 e. The first kappa shape index (κ1) is 15.9. The molecule has 1 unspecified atom stereocenters. The lowest BCUT2D eigenvalue weighted by Crippen LogP contribution is -2.13. The number of thioether (sulfide) groups is 1. The third-order valence-electron chi connectivity index (χ3n) is 3.31. The minimum absolute atomic E-state index is 0.0655. The van der Waals surface area contributed by atoms with Gasteiger partial charge in [0, 0.05) is 10.9 Å². The van der Waals surface area contributed by atoms with Gasteiger partial charge in [0.15, 0.2) is 0 Å². The van der Waals surface area contributed by atoms with E-state index in [2.05, 4.69) is 5.32 Å². The van der Waals surface area contributed by atoms with Crippen molar-refractivity contribution in [2.24, 2.45) is 0 Å². The standard InChI is InChI=1S/C16H16F3NS/c1-10(20-2)14-8-5-12(17)9-15(14)11-3-6-13(7-4-11)21-16(18)19/h3-10,16,20H,1-2H3. The summed E-state index contributed by atoms with van der Waals surface area (Å²) in [5.74, 6) is -2.76.